The van der Waals surface area contributed by atoms with E-state index in [0.717, 1.165) is 19.0 Å². The van der Waals surface area contributed by atoms with E-state index in [1.807, 2.05) is 0 Å². The maximum atomic E-state index is 3.48. The average molecular weight is 273 g/mol. The van der Waals surface area contributed by atoms with Crippen molar-refractivity contribution in [1.29, 1.82) is 0 Å². The molecule has 0 spiro atoms. The summed E-state index contributed by atoms with van der Waals surface area (Å²) in [5.41, 5.74) is 3.03. The summed E-state index contributed by atoms with van der Waals surface area (Å²) in [6.07, 6.45) is 2.47. The molecule has 2 saturated heterocycles. The topological polar surface area (TPSA) is 18.5 Å². The monoisotopic (exact) mass is 273 g/mol. The van der Waals surface area contributed by atoms with Gasteiger partial charge < -0.3 is 5.32 Å². The van der Waals surface area contributed by atoms with E-state index in [-0.39, 0.29) is 0 Å². The molecule has 1 unspecified atom stereocenters. The molecule has 0 amide bonds. The highest BCUT2D eigenvalue weighted by molar-refractivity contribution is 5.26. The van der Waals surface area contributed by atoms with Crippen molar-refractivity contribution in [2.45, 2.75) is 32.4 Å². The highest BCUT2D eigenvalue weighted by Gasteiger charge is 2.25. The smallest absolute Gasteiger partial charge is 0.0237 e. The van der Waals surface area contributed by atoms with Gasteiger partial charge in [0.1, 0.15) is 0 Å². The van der Waals surface area contributed by atoms with E-state index in [2.05, 4.69) is 46.3 Å². The van der Waals surface area contributed by atoms with Crippen LogP contribution in [0.5, 0.6) is 0 Å². The predicted molar refractivity (Wildman–Crippen MR) is 83.9 cm³/mol. The Hall–Kier alpha value is -0.900. The van der Waals surface area contributed by atoms with E-state index in [0.29, 0.717) is 0 Å². The van der Waals surface area contributed by atoms with Crippen molar-refractivity contribution < 1.29 is 0 Å². The van der Waals surface area contributed by atoms with Crippen molar-refractivity contribution >= 4 is 0 Å². The first-order valence-electron chi connectivity index (χ1n) is 8.10. The van der Waals surface area contributed by atoms with E-state index in [4.69, 9.17) is 0 Å². The van der Waals surface area contributed by atoms with E-state index >= 15 is 0 Å². The standard InChI is InChI=1S/C17H27N3/c1-2-15-5-3-4-6-16(15)14-19-9-11-20(12-10-19)17-7-8-18-13-17/h3-6,17-18H,2,7-14H2,1H3. The summed E-state index contributed by atoms with van der Waals surface area (Å²) in [7, 11) is 0. The molecule has 2 aliphatic heterocycles. The lowest BCUT2D eigenvalue weighted by Gasteiger charge is -2.38. The highest BCUT2D eigenvalue weighted by atomic mass is 15.3. The normalized spacial score (nSPS) is 25.1. The van der Waals surface area contributed by atoms with Gasteiger partial charge in [0.05, 0.1) is 0 Å². The van der Waals surface area contributed by atoms with Gasteiger partial charge in [0, 0.05) is 45.3 Å². The minimum absolute atomic E-state index is 0.792. The van der Waals surface area contributed by atoms with Gasteiger partial charge in [-0.05, 0) is 30.5 Å². The number of nitrogens with one attached hydrogen (secondary N) is 1. The Balaban J connectivity index is 1.53. The first kappa shape index (κ1) is 14.1. The number of piperazine rings is 1. The molecule has 0 bridgehead atoms. The summed E-state index contributed by atoms with van der Waals surface area (Å²) in [5, 5.41) is 3.48. The van der Waals surface area contributed by atoms with Crippen LogP contribution in [0.1, 0.15) is 24.5 Å². The molecular weight excluding hydrogens is 246 g/mol. The number of aryl methyl sites for hydroxylation is 1. The van der Waals surface area contributed by atoms with Crippen LogP contribution in [0.15, 0.2) is 24.3 Å². The van der Waals surface area contributed by atoms with Crippen molar-refractivity contribution in [3.63, 3.8) is 0 Å². The summed E-state index contributed by atoms with van der Waals surface area (Å²) in [6.45, 7) is 10.7. The number of benzene rings is 1. The van der Waals surface area contributed by atoms with E-state index in [1.165, 1.54) is 56.8 Å². The SMILES string of the molecule is CCc1ccccc1CN1CCN(C2CCNC2)CC1. The minimum Gasteiger partial charge on any atom is -0.315 e. The van der Waals surface area contributed by atoms with Gasteiger partial charge in [0.15, 0.2) is 0 Å². The Morgan fingerprint density at radius 1 is 1.10 bits per heavy atom. The molecule has 1 aromatic rings. The van der Waals surface area contributed by atoms with Crippen LogP contribution in [0.3, 0.4) is 0 Å². The fourth-order valence-corrected chi connectivity index (χ4v) is 3.54. The second kappa shape index (κ2) is 6.70. The Kier molecular flexibility index (Phi) is 4.71. The van der Waals surface area contributed by atoms with Crippen molar-refractivity contribution in [3.8, 4) is 0 Å². The van der Waals surface area contributed by atoms with Gasteiger partial charge in [-0.3, -0.25) is 9.80 Å². The van der Waals surface area contributed by atoms with Crippen LogP contribution in [0.4, 0.5) is 0 Å². The maximum absolute atomic E-state index is 3.48. The average Bonchev–Trinajstić information content (AvgIpc) is 3.03. The third-order valence-electron chi connectivity index (χ3n) is 4.85. The molecular formula is C17H27N3. The molecule has 110 valence electrons. The molecule has 0 radical (unpaired) electrons. The van der Waals surface area contributed by atoms with Gasteiger partial charge in [-0.15, -0.1) is 0 Å². The first-order chi connectivity index (χ1) is 9.86. The molecule has 2 aliphatic rings. The predicted octanol–water partition coefficient (Wildman–Crippen LogP) is 1.73. The Bertz CT molecular complexity index is 418. The lowest BCUT2D eigenvalue weighted by Crippen LogP contribution is -2.50. The first-order valence-corrected chi connectivity index (χ1v) is 8.10. The zero-order valence-electron chi connectivity index (χ0n) is 12.6. The zero-order chi connectivity index (χ0) is 13.8. The molecule has 20 heavy (non-hydrogen) atoms. The molecule has 3 nitrogen and oxygen atoms in total. The van der Waals surface area contributed by atoms with Crippen LogP contribution in [-0.4, -0.2) is 55.1 Å². The third-order valence-corrected chi connectivity index (χ3v) is 4.85. The van der Waals surface area contributed by atoms with Crippen molar-refractivity contribution in [2.75, 3.05) is 39.3 Å². The highest BCUT2D eigenvalue weighted by Crippen LogP contribution is 2.16. The van der Waals surface area contributed by atoms with Crippen LogP contribution < -0.4 is 5.32 Å². The van der Waals surface area contributed by atoms with Gasteiger partial charge in [-0.2, -0.15) is 0 Å². The molecule has 1 N–H and O–H groups in total. The molecule has 1 atom stereocenters. The van der Waals surface area contributed by atoms with Crippen LogP contribution in [-0.2, 0) is 13.0 Å². The van der Waals surface area contributed by atoms with E-state index in [9.17, 15) is 0 Å². The Labute approximate surface area is 123 Å². The molecule has 3 rings (SSSR count). The van der Waals surface area contributed by atoms with Crippen LogP contribution in [0.25, 0.3) is 0 Å². The molecule has 0 aliphatic carbocycles. The van der Waals surface area contributed by atoms with Gasteiger partial charge in [-0.1, -0.05) is 31.2 Å². The fourth-order valence-electron chi connectivity index (χ4n) is 3.54. The van der Waals surface area contributed by atoms with E-state index < -0.39 is 0 Å². The molecule has 0 aromatic heterocycles. The molecule has 2 fully saturated rings. The summed E-state index contributed by atoms with van der Waals surface area (Å²) in [5.74, 6) is 0. The van der Waals surface area contributed by atoms with Gasteiger partial charge in [-0.25, -0.2) is 0 Å². The number of rotatable bonds is 4. The second-order valence-electron chi connectivity index (χ2n) is 6.08. The summed E-state index contributed by atoms with van der Waals surface area (Å²) >= 11 is 0. The lowest BCUT2D eigenvalue weighted by atomic mass is 10.0. The zero-order valence-corrected chi connectivity index (χ0v) is 12.6. The van der Waals surface area contributed by atoms with Crippen LogP contribution >= 0.6 is 0 Å². The third kappa shape index (κ3) is 3.22. The summed E-state index contributed by atoms with van der Waals surface area (Å²) < 4.78 is 0. The molecule has 1 aromatic carbocycles. The quantitative estimate of drug-likeness (QED) is 0.901. The summed E-state index contributed by atoms with van der Waals surface area (Å²) in [6, 6.07) is 9.70. The number of hydrogen-bond acceptors (Lipinski definition) is 3. The fraction of sp³-hybridized carbons (Fsp3) is 0.647. The van der Waals surface area contributed by atoms with Crippen LogP contribution in [0, 0.1) is 0 Å². The Morgan fingerprint density at radius 2 is 1.85 bits per heavy atom. The molecule has 0 saturated carbocycles. The lowest BCUT2D eigenvalue weighted by molar-refractivity contribution is 0.0980. The van der Waals surface area contributed by atoms with Crippen LogP contribution in [0.2, 0.25) is 0 Å². The second-order valence-corrected chi connectivity index (χ2v) is 6.08. The number of nitrogens with zero attached hydrogens (tertiary/aromatic N) is 2. The maximum Gasteiger partial charge on any atom is 0.0237 e. The van der Waals surface area contributed by atoms with Gasteiger partial charge >= 0.3 is 0 Å². The number of hydrogen-bond donors (Lipinski definition) is 1. The minimum atomic E-state index is 0.792. The van der Waals surface area contributed by atoms with Gasteiger partial charge in [0.2, 0.25) is 0 Å². The van der Waals surface area contributed by atoms with Gasteiger partial charge in [0.25, 0.3) is 0 Å². The Morgan fingerprint density at radius 3 is 2.50 bits per heavy atom. The largest absolute Gasteiger partial charge is 0.315 e. The molecule has 2 heterocycles. The van der Waals surface area contributed by atoms with Crippen molar-refractivity contribution in [1.82, 2.24) is 15.1 Å². The van der Waals surface area contributed by atoms with Crippen molar-refractivity contribution in [3.05, 3.63) is 35.4 Å². The van der Waals surface area contributed by atoms with Crippen molar-refractivity contribution in [2.24, 2.45) is 0 Å². The molecule has 3 heteroatoms. The summed E-state index contributed by atoms with van der Waals surface area (Å²) in [4.78, 5) is 5.30. The van der Waals surface area contributed by atoms with E-state index in [1.54, 1.807) is 0 Å².